The topological polar surface area (TPSA) is 75.6 Å². The number of carbonyl (C=O) groups excluding carboxylic acids is 1. The van der Waals surface area contributed by atoms with Crippen LogP contribution >= 0.6 is 0 Å². The average molecular weight is 327 g/mol. The molecule has 0 fully saturated rings. The van der Waals surface area contributed by atoms with Crippen molar-refractivity contribution in [1.29, 1.82) is 0 Å². The Labute approximate surface area is 141 Å². The molecule has 0 saturated heterocycles. The first-order chi connectivity index (χ1) is 11.6. The molecule has 2 aromatic carbocycles. The normalized spacial score (nSPS) is 11.9. The molecular weight excluding hydrogens is 306 g/mol. The average Bonchev–Trinajstić information content (AvgIpc) is 2.56. The Balaban J connectivity index is 2.02. The molecule has 2 aromatic rings. The summed E-state index contributed by atoms with van der Waals surface area (Å²) in [6, 6.07) is 18.9. The van der Waals surface area contributed by atoms with E-state index in [0.29, 0.717) is 0 Å². The molecule has 0 bridgehead atoms. The van der Waals surface area contributed by atoms with E-state index in [1.54, 1.807) is 6.92 Å². The fraction of sp³-hybridized carbons (Fsp3) is 0.263. The maximum absolute atomic E-state index is 12.0. The number of amides is 1. The van der Waals surface area contributed by atoms with Crippen LogP contribution in [0.5, 0.6) is 0 Å². The van der Waals surface area contributed by atoms with Gasteiger partial charge >= 0.3 is 5.97 Å². The lowest BCUT2D eigenvalue weighted by molar-refractivity contribution is -0.137. The summed E-state index contributed by atoms with van der Waals surface area (Å²) in [5.41, 5.74) is 1.91. The summed E-state index contributed by atoms with van der Waals surface area (Å²) >= 11 is 0. The standard InChI is InChI=1S/C19H21NO4/c1-14(12-18(22)23)20-17(21)13-24-19(15-8-4-2-5-9-15)16-10-6-3-7-11-16/h2-11,14,19H,12-13H2,1H3,(H,20,21)(H,22,23). The number of carbonyl (C=O) groups is 2. The maximum atomic E-state index is 12.0. The number of aliphatic carboxylic acids is 1. The summed E-state index contributed by atoms with van der Waals surface area (Å²) in [6.07, 6.45) is -0.472. The van der Waals surface area contributed by atoms with Crippen LogP contribution in [0.4, 0.5) is 0 Å². The Morgan fingerprint density at radius 1 is 1.00 bits per heavy atom. The van der Waals surface area contributed by atoms with Crippen molar-refractivity contribution in [3.63, 3.8) is 0 Å². The van der Waals surface area contributed by atoms with E-state index in [1.165, 1.54) is 0 Å². The molecule has 0 aliphatic rings. The summed E-state index contributed by atoms with van der Waals surface area (Å²) in [5.74, 6) is -1.28. The number of hydrogen-bond acceptors (Lipinski definition) is 3. The van der Waals surface area contributed by atoms with E-state index >= 15 is 0 Å². The first-order valence-corrected chi connectivity index (χ1v) is 7.79. The Morgan fingerprint density at radius 3 is 1.96 bits per heavy atom. The number of nitrogens with one attached hydrogen (secondary N) is 1. The highest BCUT2D eigenvalue weighted by atomic mass is 16.5. The van der Waals surface area contributed by atoms with Crippen LogP contribution in [-0.2, 0) is 14.3 Å². The minimum atomic E-state index is -0.949. The van der Waals surface area contributed by atoms with Crippen molar-refractivity contribution in [3.05, 3.63) is 71.8 Å². The Morgan fingerprint density at radius 2 is 1.50 bits per heavy atom. The van der Waals surface area contributed by atoms with E-state index in [9.17, 15) is 9.59 Å². The molecule has 0 aliphatic carbocycles. The molecule has 0 radical (unpaired) electrons. The SMILES string of the molecule is CC(CC(=O)O)NC(=O)COC(c1ccccc1)c1ccccc1. The van der Waals surface area contributed by atoms with Crippen molar-refractivity contribution in [2.24, 2.45) is 0 Å². The van der Waals surface area contributed by atoms with Gasteiger partial charge in [-0.1, -0.05) is 60.7 Å². The van der Waals surface area contributed by atoms with Gasteiger partial charge in [0.05, 0.1) is 6.42 Å². The van der Waals surface area contributed by atoms with Crippen LogP contribution in [-0.4, -0.2) is 29.6 Å². The van der Waals surface area contributed by atoms with Crippen molar-refractivity contribution in [2.45, 2.75) is 25.5 Å². The van der Waals surface area contributed by atoms with Gasteiger partial charge in [-0.15, -0.1) is 0 Å². The lowest BCUT2D eigenvalue weighted by Gasteiger charge is -2.19. The third kappa shape index (κ3) is 5.52. The summed E-state index contributed by atoms with van der Waals surface area (Å²) in [6.45, 7) is 1.51. The molecule has 24 heavy (non-hydrogen) atoms. The largest absolute Gasteiger partial charge is 0.481 e. The van der Waals surface area contributed by atoms with Gasteiger partial charge in [0.2, 0.25) is 5.91 Å². The second-order valence-electron chi connectivity index (χ2n) is 5.58. The molecule has 0 aliphatic heterocycles. The highest BCUT2D eigenvalue weighted by Crippen LogP contribution is 2.25. The number of ether oxygens (including phenoxy) is 1. The van der Waals surface area contributed by atoms with Gasteiger partial charge in [-0.3, -0.25) is 9.59 Å². The van der Waals surface area contributed by atoms with Crippen LogP contribution in [0.15, 0.2) is 60.7 Å². The highest BCUT2D eigenvalue weighted by molar-refractivity contribution is 5.78. The molecular formula is C19H21NO4. The monoisotopic (exact) mass is 327 g/mol. The van der Waals surface area contributed by atoms with Crippen LogP contribution in [0.2, 0.25) is 0 Å². The predicted octanol–water partition coefficient (Wildman–Crippen LogP) is 2.77. The Bertz CT molecular complexity index is 618. The van der Waals surface area contributed by atoms with Gasteiger partial charge in [0.15, 0.2) is 0 Å². The maximum Gasteiger partial charge on any atom is 0.305 e. The lowest BCUT2D eigenvalue weighted by atomic mass is 10.0. The van der Waals surface area contributed by atoms with Gasteiger partial charge in [0, 0.05) is 6.04 Å². The molecule has 126 valence electrons. The summed E-state index contributed by atoms with van der Waals surface area (Å²) < 4.78 is 5.82. The van der Waals surface area contributed by atoms with Gasteiger partial charge in [0.25, 0.3) is 0 Å². The number of hydrogen-bond donors (Lipinski definition) is 2. The van der Waals surface area contributed by atoms with Crippen LogP contribution in [0.25, 0.3) is 0 Å². The zero-order valence-corrected chi connectivity index (χ0v) is 13.5. The molecule has 2 N–H and O–H groups in total. The predicted molar refractivity (Wildman–Crippen MR) is 90.5 cm³/mol. The van der Waals surface area contributed by atoms with Gasteiger partial charge < -0.3 is 15.2 Å². The van der Waals surface area contributed by atoms with Gasteiger partial charge in [-0.2, -0.15) is 0 Å². The van der Waals surface area contributed by atoms with E-state index in [0.717, 1.165) is 11.1 Å². The zero-order chi connectivity index (χ0) is 17.4. The van der Waals surface area contributed by atoms with Crippen molar-refractivity contribution in [2.75, 3.05) is 6.61 Å². The molecule has 1 amide bonds. The molecule has 5 nitrogen and oxygen atoms in total. The molecule has 0 saturated carbocycles. The third-order valence-corrected chi connectivity index (χ3v) is 3.47. The van der Waals surface area contributed by atoms with Crippen LogP contribution in [0.1, 0.15) is 30.6 Å². The van der Waals surface area contributed by atoms with E-state index in [4.69, 9.17) is 9.84 Å². The van der Waals surface area contributed by atoms with Crippen LogP contribution in [0, 0.1) is 0 Å². The Hall–Kier alpha value is -2.66. The number of carboxylic acid groups (broad SMARTS) is 1. The summed E-state index contributed by atoms with van der Waals surface area (Å²) in [4.78, 5) is 22.6. The highest BCUT2D eigenvalue weighted by Gasteiger charge is 2.17. The van der Waals surface area contributed by atoms with Crippen LogP contribution < -0.4 is 5.32 Å². The molecule has 0 aromatic heterocycles. The first kappa shape index (κ1) is 17.7. The first-order valence-electron chi connectivity index (χ1n) is 7.79. The van der Waals surface area contributed by atoms with Crippen molar-refractivity contribution in [3.8, 4) is 0 Å². The van der Waals surface area contributed by atoms with Crippen molar-refractivity contribution >= 4 is 11.9 Å². The molecule has 0 spiro atoms. The lowest BCUT2D eigenvalue weighted by Crippen LogP contribution is -2.37. The fourth-order valence-corrected chi connectivity index (χ4v) is 2.43. The quantitative estimate of drug-likeness (QED) is 0.782. The molecule has 5 heteroatoms. The van der Waals surface area contributed by atoms with Crippen molar-refractivity contribution < 1.29 is 19.4 Å². The fourth-order valence-electron chi connectivity index (χ4n) is 2.43. The third-order valence-electron chi connectivity index (χ3n) is 3.47. The number of rotatable bonds is 8. The minimum absolute atomic E-state index is 0.119. The number of benzene rings is 2. The van der Waals surface area contributed by atoms with Gasteiger partial charge in [-0.05, 0) is 18.1 Å². The van der Waals surface area contributed by atoms with E-state index in [2.05, 4.69) is 5.32 Å². The zero-order valence-electron chi connectivity index (χ0n) is 13.5. The van der Waals surface area contributed by atoms with Gasteiger partial charge in [-0.25, -0.2) is 0 Å². The van der Waals surface area contributed by atoms with Crippen molar-refractivity contribution in [1.82, 2.24) is 5.32 Å². The second kappa shape index (κ2) is 8.84. The molecule has 2 rings (SSSR count). The summed E-state index contributed by atoms with van der Waals surface area (Å²) in [7, 11) is 0. The molecule has 1 atom stereocenters. The Kier molecular flexibility index (Phi) is 6.51. The van der Waals surface area contributed by atoms with E-state index in [-0.39, 0.29) is 25.0 Å². The van der Waals surface area contributed by atoms with E-state index < -0.39 is 12.0 Å². The molecule has 0 heterocycles. The summed E-state index contributed by atoms with van der Waals surface area (Å²) in [5, 5.41) is 11.4. The van der Waals surface area contributed by atoms with Gasteiger partial charge in [0.1, 0.15) is 12.7 Å². The number of carboxylic acids is 1. The van der Waals surface area contributed by atoms with Crippen LogP contribution in [0.3, 0.4) is 0 Å². The minimum Gasteiger partial charge on any atom is -0.481 e. The smallest absolute Gasteiger partial charge is 0.305 e. The second-order valence-corrected chi connectivity index (χ2v) is 5.58. The van der Waals surface area contributed by atoms with E-state index in [1.807, 2.05) is 60.7 Å². The molecule has 1 unspecified atom stereocenters.